The van der Waals surface area contributed by atoms with Crippen LogP contribution >= 0.6 is 0 Å². The van der Waals surface area contributed by atoms with Crippen LogP contribution in [0.2, 0.25) is 0 Å². The Labute approximate surface area is 122 Å². The molecule has 0 fully saturated rings. The summed E-state index contributed by atoms with van der Waals surface area (Å²) in [5.41, 5.74) is 2.82. The zero-order valence-electron chi connectivity index (χ0n) is 13.4. The minimum absolute atomic E-state index is 0.223. The molecular weight excluding hydrogens is 252 g/mol. The Morgan fingerprint density at radius 2 is 1.85 bits per heavy atom. The van der Waals surface area contributed by atoms with E-state index in [2.05, 4.69) is 42.3 Å². The largest absolute Gasteiger partial charge is 0.465 e. The van der Waals surface area contributed by atoms with Gasteiger partial charge < -0.3 is 15.0 Å². The summed E-state index contributed by atoms with van der Waals surface area (Å²) < 4.78 is 5.15. The molecule has 4 nitrogen and oxygen atoms in total. The summed E-state index contributed by atoms with van der Waals surface area (Å²) in [5.74, 6) is -0.223. The zero-order valence-corrected chi connectivity index (χ0v) is 13.4. The molecule has 1 rings (SSSR count). The minimum Gasteiger partial charge on any atom is -0.465 e. The van der Waals surface area contributed by atoms with Crippen LogP contribution in [-0.4, -0.2) is 38.8 Å². The van der Waals surface area contributed by atoms with E-state index in [9.17, 15) is 4.79 Å². The Balaban J connectivity index is 2.91. The molecule has 1 atom stereocenters. The number of ether oxygens (including phenoxy) is 1. The lowest BCUT2D eigenvalue weighted by atomic mass is 10.0. The summed E-state index contributed by atoms with van der Waals surface area (Å²) in [7, 11) is 3.77. The molecule has 0 saturated heterocycles. The Hall–Kier alpha value is -1.55. The van der Waals surface area contributed by atoms with Gasteiger partial charge in [-0.15, -0.1) is 0 Å². The predicted octanol–water partition coefficient (Wildman–Crippen LogP) is 2.28. The van der Waals surface area contributed by atoms with E-state index in [-0.39, 0.29) is 5.97 Å². The van der Waals surface area contributed by atoms with Gasteiger partial charge in [-0.05, 0) is 58.0 Å². The fourth-order valence-electron chi connectivity index (χ4n) is 2.27. The summed E-state index contributed by atoms with van der Waals surface area (Å²) in [6, 6.07) is 6.38. The highest BCUT2D eigenvalue weighted by Gasteiger charge is 2.34. The van der Waals surface area contributed by atoms with Crippen LogP contribution in [0.3, 0.4) is 0 Å². The third kappa shape index (κ3) is 3.97. The van der Waals surface area contributed by atoms with E-state index in [0.29, 0.717) is 13.2 Å². The van der Waals surface area contributed by atoms with Gasteiger partial charge in [-0.25, -0.2) is 4.79 Å². The molecule has 1 aromatic carbocycles. The first kappa shape index (κ1) is 16.5. The number of hydrogen-bond donors (Lipinski definition) is 1. The van der Waals surface area contributed by atoms with E-state index in [4.69, 9.17) is 4.74 Å². The number of likely N-dealkylation sites (N-methyl/N-ethyl adjacent to an activating group) is 2. The lowest BCUT2D eigenvalue weighted by Gasteiger charge is -2.32. The number of benzene rings is 1. The molecule has 1 unspecified atom stereocenters. The quantitative estimate of drug-likeness (QED) is 0.811. The normalized spacial score (nSPS) is 13.7. The van der Waals surface area contributed by atoms with E-state index < -0.39 is 5.54 Å². The van der Waals surface area contributed by atoms with Crippen LogP contribution in [0.15, 0.2) is 18.2 Å². The van der Waals surface area contributed by atoms with Crippen molar-refractivity contribution in [2.45, 2.75) is 33.2 Å². The molecule has 0 aromatic heterocycles. The van der Waals surface area contributed by atoms with Crippen molar-refractivity contribution in [3.05, 3.63) is 29.3 Å². The number of hydrogen-bond acceptors (Lipinski definition) is 4. The second kappa shape index (κ2) is 6.75. The monoisotopic (exact) mass is 278 g/mol. The molecule has 0 aliphatic heterocycles. The molecule has 20 heavy (non-hydrogen) atoms. The van der Waals surface area contributed by atoms with Crippen LogP contribution in [0, 0.1) is 13.8 Å². The molecule has 112 valence electrons. The molecule has 0 bridgehead atoms. The summed E-state index contributed by atoms with van der Waals surface area (Å²) in [6.45, 7) is 8.78. The van der Waals surface area contributed by atoms with Gasteiger partial charge in [0.2, 0.25) is 0 Å². The van der Waals surface area contributed by atoms with Crippen molar-refractivity contribution in [3.8, 4) is 0 Å². The maximum absolute atomic E-state index is 12.1. The molecule has 0 spiro atoms. The molecule has 0 amide bonds. The van der Waals surface area contributed by atoms with E-state index in [0.717, 1.165) is 5.69 Å². The van der Waals surface area contributed by atoms with Crippen molar-refractivity contribution in [1.82, 2.24) is 5.32 Å². The third-order valence-electron chi connectivity index (χ3n) is 3.48. The zero-order chi connectivity index (χ0) is 15.3. The van der Waals surface area contributed by atoms with Gasteiger partial charge in [-0.1, -0.05) is 6.07 Å². The summed E-state index contributed by atoms with van der Waals surface area (Å²) in [6.07, 6.45) is 0. The van der Waals surface area contributed by atoms with Crippen LogP contribution < -0.4 is 10.2 Å². The van der Waals surface area contributed by atoms with Crippen molar-refractivity contribution >= 4 is 11.7 Å². The molecule has 0 radical (unpaired) electrons. The molecule has 1 N–H and O–H groups in total. The maximum atomic E-state index is 12.1. The van der Waals surface area contributed by atoms with Gasteiger partial charge in [-0.3, -0.25) is 0 Å². The number of rotatable bonds is 6. The van der Waals surface area contributed by atoms with Crippen LogP contribution in [0.1, 0.15) is 25.0 Å². The Morgan fingerprint density at radius 1 is 1.30 bits per heavy atom. The fourth-order valence-corrected chi connectivity index (χ4v) is 2.27. The number of carbonyl (C=O) groups is 1. The van der Waals surface area contributed by atoms with Gasteiger partial charge in [0.05, 0.1) is 6.61 Å². The highest BCUT2D eigenvalue weighted by Crippen LogP contribution is 2.20. The second-order valence-corrected chi connectivity index (χ2v) is 5.50. The molecular formula is C16H26N2O2. The lowest BCUT2D eigenvalue weighted by molar-refractivity contribution is -0.149. The first-order valence-electron chi connectivity index (χ1n) is 6.98. The average Bonchev–Trinajstić information content (AvgIpc) is 2.37. The highest BCUT2D eigenvalue weighted by molar-refractivity contribution is 5.81. The number of esters is 1. The summed E-state index contributed by atoms with van der Waals surface area (Å²) in [5, 5.41) is 3.08. The average molecular weight is 278 g/mol. The van der Waals surface area contributed by atoms with Crippen molar-refractivity contribution in [2.24, 2.45) is 0 Å². The topological polar surface area (TPSA) is 41.6 Å². The first-order chi connectivity index (χ1) is 9.32. The third-order valence-corrected chi connectivity index (χ3v) is 3.48. The highest BCUT2D eigenvalue weighted by atomic mass is 16.5. The van der Waals surface area contributed by atoms with E-state index >= 15 is 0 Å². The lowest BCUT2D eigenvalue weighted by Crippen LogP contribution is -2.55. The molecule has 0 saturated carbocycles. The molecule has 0 aliphatic carbocycles. The molecule has 1 aromatic rings. The van der Waals surface area contributed by atoms with Gasteiger partial charge in [0.25, 0.3) is 0 Å². The van der Waals surface area contributed by atoms with Gasteiger partial charge in [0.1, 0.15) is 5.54 Å². The van der Waals surface area contributed by atoms with Crippen molar-refractivity contribution in [1.29, 1.82) is 0 Å². The smallest absolute Gasteiger partial charge is 0.327 e. The number of nitrogens with one attached hydrogen (secondary N) is 1. The number of carbonyl (C=O) groups excluding carboxylic acids is 1. The number of aryl methyl sites for hydroxylation is 2. The van der Waals surface area contributed by atoms with Crippen LogP contribution in [0.4, 0.5) is 5.69 Å². The van der Waals surface area contributed by atoms with E-state index in [1.165, 1.54) is 11.1 Å². The predicted molar refractivity (Wildman–Crippen MR) is 83.3 cm³/mol. The molecule has 0 heterocycles. The van der Waals surface area contributed by atoms with Gasteiger partial charge >= 0.3 is 5.97 Å². The van der Waals surface area contributed by atoms with Crippen molar-refractivity contribution in [3.63, 3.8) is 0 Å². The fraction of sp³-hybridized carbons (Fsp3) is 0.562. The summed E-state index contributed by atoms with van der Waals surface area (Å²) in [4.78, 5) is 14.2. The van der Waals surface area contributed by atoms with Crippen LogP contribution in [0.25, 0.3) is 0 Å². The maximum Gasteiger partial charge on any atom is 0.327 e. The minimum atomic E-state index is -0.720. The van der Waals surface area contributed by atoms with Crippen molar-refractivity contribution < 1.29 is 9.53 Å². The van der Waals surface area contributed by atoms with E-state index in [1.807, 2.05) is 20.9 Å². The second-order valence-electron chi connectivity index (χ2n) is 5.50. The van der Waals surface area contributed by atoms with Crippen LogP contribution in [-0.2, 0) is 9.53 Å². The van der Waals surface area contributed by atoms with Crippen molar-refractivity contribution in [2.75, 3.05) is 32.1 Å². The standard InChI is InChI=1S/C16H26N2O2/c1-7-20-15(19)16(4,17-5)11-18(6)14-9-12(2)8-13(3)10-14/h8-10,17H,7,11H2,1-6H3. The van der Waals surface area contributed by atoms with Crippen LogP contribution in [0.5, 0.6) is 0 Å². The summed E-state index contributed by atoms with van der Waals surface area (Å²) >= 11 is 0. The Bertz CT molecular complexity index is 453. The SMILES string of the molecule is CCOC(=O)C(C)(CN(C)c1cc(C)cc(C)c1)NC. The Morgan fingerprint density at radius 3 is 2.30 bits per heavy atom. The van der Waals surface area contributed by atoms with Gasteiger partial charge in [0, 0.05) is 19.3 Å². The van der Waals surface area contributed by atoms with Gasteiger partial charge in [-0.2, -0.15) is 0 Å². The molecule has 0 aliphatic rings. The first-order valence-corrected chi connectivity index (χ1v) is 6.98. The van der Waals surface area contributed by atoms with Gasteiger partial charge in [0.15, 0.2) is 0 Å². The number of anilines is 1. The number of nitrogens with zero attached hydrogens (tertiary/aromatic N) is 1. The van der Waals surface area contributed by atoms with E-state index in [1.54, 1.807) is 7.05 Å². The Kier molecular flexibility index (Phi) is 5.57. The molecule has 4 heteroatoms.